The highest BCUT2D eigenvalue weighted by Gasteiger charge is 2.16. The lowest BCUT2D eigenvalue weighted by Gasteiger charge is -2.21. The molecule has 2 unspecified atom stereocenters. The Bertz CT molecular complexity index is 243. The summed E-state index contributed by atoms with van der Waals surface area (Å²) in [5, 5.41) is 0. The maximum Gasteiger partial charge on any atom is 0.0434 e. The average molecular weight is 191 g/mol. The molecule has 0 saturated heterocycles. The zero-order valence-corrected chi connectivity index (χ0v) is 9.53. The van der Waals surface area contributed by atoms with Gasteiger partial charge in [-0.05, 0) is 18.1 Å². The molecule has 1 heterocycles. The van der Waals surface area contributed by atoms with Gasteiger partial charge in [0.15, 0.2) is 0 Å². The summed E-state index contributed by atoms with van der Waals surface area (Å²) < 4.78 is 0. The third-order valence-corrected chi connectivity index (χ3v) is 3.05. The quantitative estimate of drug-likeness (QED) is 0.685. The van der Waals surface area contributed by atoms with E-state index >= 15 is 0 Å². The number of pyridine rings is 1. The Morgan fingerprint density at radius 3 is 2.57 bits per heavy atom. The van der Waals surface area contributed by atoms with Crippen molar-refractivity contribution in [2.24, 2.45) is 5.92 Å². The molecule has 0 spiro atoms. The van der Waals surface area contributed by atoms with Crippen LogP contribution < -0.4 is 0 Å². The highest BCUT2D eigenvalue weighted by atomic mass is 14.7. The molecule has 0 bridgehead atoms. The van der Waals surface area contributed by atoms with E-state index in [1.54, 1.807) is 0 Å². The van der Waals surface area contributed by atoms with Crippen molar-refractivity contribution in [2.45, 2.75) is 46.0 Å². The van der Waals surface area contributed by atoms with Gasteiger partial charge in [-0.2, -0.15) is 0 Å². The van der Waals surface area contributed by atoms with Crippen LogP contribution in [0.3, 0.4) is 0 Å². The number of nitrogens with zero attached hydrogens (tertiary/aromatic N) is 1. The Hall–Kier alpha value is -0.850. The van der Waals surface area contributed by atoms with Gasteiger partial charge >= 0.3 is 0 Å². The van der Waals surface area contributed by atoms with Crippen molar-refractivity contribution in [1.82, 2.24) is 4.98 Å². The minimum absolute atomic E-state index is 0.598. The van der Waals surface area contributed by atoms with Gasteiger partial charge in [-0.3, -0.25) is 4.98 Å². The first-order valence-electron chi connectivity index (χ1n) is 5.70. The smallest absolute Gasteiger partial charge is 0.0434 e. The lowest BCUT2D eigenvalue weighted by Crippen LogP contribution is -2.10. The van der Waals surface area contributed by atoms with Crippen molar-refractivity contribution in [3.63, 3.8) is 0 Å². The molecule has 0 radical (unpaired) electrons. The lowest BCUT2D eigenvalue weighted by molar-refractivity contribution is 0.393. The molecule has 1 nitrogen and oxygen atoms in total. The van der Waals surface area contributed by atoms with E-state index < -0.39 is 0 Å². The summed E-state index contributed by atoms with van der Waals surface area (Å²) in [5.41, 5.74) is 1.24. The number of hydrogen-bond acceptors (Lipinski definition) is 1. The van der Waals surface area contributed by atoms with Crippen molar-refractivity contribution in [3.8, 4) is 0 Å². The van der Waals surface area contributed by atoms with Gasteiger partial charge in [0, 0.05) is 17.8 Å². The van der Waals surface area contributed by atoms with Crippen molar-refractivity contribution < 1.29 is 0 Å². The standard InChI is InChI=1S/C13H21N/c1-4-8-12(5-2)11(3)13-9-6-7-10-14-13/h6-7,9-12H,4-5,8H2,1-3H3. The molecule has 1 aromatic rings. The third kappa shape index (κ3) is 2.83. The van der Waals surface area contributed by atoms with Crippen LogP contribution in [0, 0.1) is 5.92 Å². The van der Waals surface area contributed by atoms with Gasteiger partial charge in [0.1, 0.15) is 0 Å². The molecule has 0 saturated carbocycles. The first-order chi connectivity index (χ1) is 6.79. The third-order valence-electron chi connectivity index (χ3n) is 3.05. The maximum atomic E-state index is 4.43. The van der Waals surface area contributed by atoms with Crippen molar-refractivity contribution in [1.29, 1.82) is 0 Å². The van der Waals surface area contributed by atoms with Crippen molar-refractivity contribution >= 4 is 0 Å². The van der Waals surface area contributed by atoms with E-state index in [0.29, 0.717) is 5.92 Å². The summed E-state index contributed by atoms with van der Waals surface area (Å²) in [6.07, 6.45) is 5.74. The summed E-state index contributed by atoms with van der Waals surface area (Å²) in [6.45, 7) is 6.83. The summed E-state index contributed by atoms with van der Waals surface area (Å²) in [5.74, 6) is 1.39. The maximum absolute atomic E-state index is 4.43. The van der Waals surface area contributed by atoms with Gasteiger partial charge in [-0.25, -0.2) is 0 Å². The van der Waals surface area contributed by atoms with E-state index in [0.717, 1.165) is 5.92 Å². The van der Waals surface area contributed by atoms with Gasteiger partial charge in [-0.15, -0.1) is 0 Å². The molecule has 2 atom stereocenters. The fourth-order valence-corrected chi connectivity index (χ4v) is 2.07. The first-order valence-corrected chi connectivity index (χ1v) is 5.70. The number of hydrogen-bond donors (Lipinski definition) is 0. The van der Waals surface area contributed by atoms with Gasteiger partial charge < -0.3 is 0 Å². The second kappa shape index (κ2) is 5.79. The highest BCUT2D eigenvalue weighted by molar-refractivity contribution is 5.09. The Labute approximate surface area is 87.6 Å². The topological polar surface area (TPSA) is 12.9 Å². The van der Waals surface area contributed by atoms with Crippen LogP contribution in [0.5, 0.6) is 0 Å². The summed E-state index contributed by atoms with van der Waals surface area (Å²) in [6, 6.07) is 6.21. The van der Waals surface area contributed by atoms with E-state index in [4.69, 9.17) is 0 Å². The van der Waals surface area contributed by atoms with Crippen LogP contribution >= 0.6 is 0 Å². The molecule has 78 valence electrons. The SMILES string of the molecule is CCCC(CC)C(C)c1ccccn1. The molecule has 1 rings (SSSR count). The lowest BCUT2D eigenvalue weighted by atomic mass is 9.85. The van der Waals surface area contributed by atoms with E-state index in [1.165, 1.54) is 25.0 Å². The summed E-state index contributed by atoms with van der Waals surface area (Å²) in [4.78, 5) is 4.43. The van der Waals surface area contributed by atoms with Crippen LogP contribution in [0.4, 0.5) is 0 Å². The molecule has 0 aliphatic rings. The van der Waals surface area contributed by atoms with Crippen LogP contribution in [0.2, 0.25) is 0 Å². The highest BCUT2D eigenvalue weighted by Crippen LogP contribution is 2.28. The Kier molecular flexibility index (Phi) is 4.64. The Morgan fingerprint density at radius 1 is 1.29 bits per heavy atom. The zero-order valence-electron chi connectivity index (χ0n) is 9.53. The molecule has 1 aromatic heterocycles. The van der Waals surface area contributed by atoms with E-state index in [-0.39, 0.29) is 0 Å². The fraction of sp³-hybridized carbons (Fsp3) is 0.615. The molecular weight excluding hydrogens is 170 g/mol. The summed E-state index contributed by atoms with van der Waals surface area (Å²) in [7, 11) is 0. The second-order valence-corrected chi connectivity index (χ2v) is 4.00. The molecule has 0 aliphatic heterocycles. The van der Waals surface area contributed by atoms with Gasteiger partial charge in [0.2, 0.25) is 0 Å². The minimum Gasteiger partial charge on any atom is -0.261 e. The number of aromatic nitrogens is 1. The van der Waals surface area contributed by atoms with Crippen LogP contribution in [0.25, 0.3) is 0 Å². The van der Waals surface area contributed by atoms with Crippen LogP contribution in [0.15, 0.2) is 24.4 Å². The molecule has 0 fully saturated rings. The van der Waals surface area contributed by atoms with E-state index in [1.807, 2.05) is 12.3 Å². The predicted molar refractivity (Wildman–Crippen MR) is 61.3 cm³/mol. The first kappa shape index (κ1) is 11.2. The summed E-state index contributed by atoms with van der Waals surface area (Å²) >= 11 is 0. The van der Waals surface area contributed by atoms with Gasteiger partial charge in [0.05, 0.1) is 0 Å². The molecule has 0 aliphatic carbocycles. The molecule has 0 amide bonds. The Morgan fingerprint density at radius 2 is 2.07 bits per heavy atom. The second-order valence-electron chi connectivity index (χ2n) is 4.00. The van der Waals surface area contributed by atoms with Gasteiger partial charge in [0.25, 0.3) is 0 Å². The molecule has 14 heavy (non-hydrogen) atoms. The molecule has 0 aromatic carbocycles. The van der Waals surface area contributed by atoms with Crippen LogP contribution in [0.1, 0.15) is 51.6 Å². The molecular formula is C13H21N. The predicted octanol–water partition coefficient (Wildman–Crippen LogP) is 4.01. The molecule has 0 N–H and O–H groups in total. The molecule has 1 heteroatoms. The van der Waals surface area contributed by atoms with E-state index in [2.05, 4.69) is 37.9 Å². The number of rotatable bonds is 5. The monoisotopic (exact) mass is 191 g/mol. The minimum atomic E-state index is 0.598. The largest absolute Gasteiger partial charge is 0.261 e. The van der Waals surface area contributed by atoms with Crippen molar-refractivity contribution in [3.05, 3.63) is 30.1 Å². The average Bonchev–Trinajstić information content (AvgIpc) is 2.26. The fourth-order valence-electron chi connectivity index (χ4n) is 2.07. The zero-order chi connectivity index (χ0) is 10.4. The Balaban J connectivity index is 2.67. The van der Waals surface area contributed by atoms with Crippen LogP contribution in [-0.2, 0) is 0 Å². The van der Waals surface area contributed by atoms with Crippen LogP contribution in [-0.4, -0.2) is 4.98 Å². The normalized spacial score (nSPS) is 15.1. The van der Waals surface area contributed by atoms with E-state index in [9.17, 15) is 0 Å². The van der Waals surface area contributed by atoms with Crippen molar-refractivity contribution in [2.75, 3.05) is 0 Å². The van der Waals surface area contributed by atoms with Gasteiger partial charge in [-0.1, -0.05) is 46.1 Å².